The molecule has 11 heteroatoms. The maximum absolute atomic E-state index is 13.1. The van der Waals surface area contributed by atoms with E-state index in [-0.39, 0.29) is 10.1 Å². The van der Waals surface area contributed by atoms with Gasteiger partial charge in [0.25, 0.3) is 5.69 Å². The van der Waals surface area contributed by atoms with Crippen LogP contribution in [0.1, 0.15) is 5.56 Å². The zero-order valence-corrected chi connectivity index (χ0v) is 17.8. The Labute approximate surface area is 190 Å². The quantitative estimate of drug-likeness (QED) is 0.252. The van der Waals surface area contributed by atoms with E-state index in [4.69, 9.17) is 4.74 Å². The second-order valence-corrected chi connectivity index (χ2v) is 7.73. The topological polar surface area (TPSA) is 83.1 Å². The van der Waals surface area contributed by atoms with E-state index in [1.165, 1.54) is 7.11 Å². The summed E-state index contributed by atoms with van der Waals surface area (Å²) in [5.74, 6) is 0.954. The van der Waals surface area contributed by atoms with Gasteiger partial charge in [0.2, 0.25) is 5.16 Å². The molecule has 33 heavy (non-hydrogen) atoms. The minimum Gasteiger partial charge on any atom is -0.496 e. The van der Waals surface area contributed by atoms with Crippen molar-refractivity contribution in [2.45, 2.75) is 16.2 Å². The van der Waals surface area contributed by atoms with E-state index in [1.807, 2.05) is 6.07 Å². The summed E-state index contributed by atoms with van der Waals surface area (Å²) in [6, 6.07) is 18.6. The lowest BCUT2D eigenvalue weighted by Gasteiger charge is -2.13. The summed E-state index contributed by atoms with van der Waals surface area (Å²) in [5, 5.41) is 20.2. The first-order valence-electron chi connectivity index (χ1n) is 9.47. The predicted molar refractivity (Wildman–Crippen MR) is 116 cm³/mol. The molecule has 0 N–H and O–H groups in total. The van der Waals surface area contributed by atoms with Crippen LogP contribution in [0, 0.1) is 10.1 Å². The summed E-state index contributed by atoms with van der Waals surface area (Å²) in [4.78, 5) is 10.7. The van der Waals surface area contributed by atoms with Crippen molar-refractivity contribution in [1.29, 1.82) is 0 Å². The Kier molecular flexibility index (Phi) is 6.05. The third-order valence-corrected chi connectivity index (χ3v) is 5.69. The summed E-state index contributed by atoms with van der Waals surface area (Å²) >= 11 is 0.852. The lowest BCUT2D eigenvalue weighted by Crippen LogP contribution is -2.06. The number of nitro benzene ring substituents is 1. The molecule has 0 fully saturated rings. The Bertz CT molecular complexity index is 1310. The first-order valence-corrected chi connectivity index (χ1v) is 10.3. The molecule has 0 atom stereocenters. The van der Waals surface area contributed by atoms with Crippen molar-refractivity contribution in [3.05, 3.63) is 88.5 Å². The molecule has 7 nitrogen and oxygen atoms in total. The van der Waals surface area contributed by atoms with Gasteiger partial charge in [-0.05, 0) is 48.2 Å². The molecule has 0 bridgehead atoms. The fraction of sp³-hybridized carbons (Fsp3) is 0.0909. The number of para-hydroxylation sites is 2. The molecule has 0 aliphatic heterocycles. The number of alkyl halides is 3. The number of methoxy groups -OCH3 is 1. The monoisotopic (exact) mass is 472 g/mol. The second kappa shape index (κ2) is 8.94. The summed E-state index contributed by atoms with van der Waals surface area (Å²) in [7, 11) is 1.52. The molecule has 0 spiro atoms. The molecule has 168 valence electrons. The van der Waals surface area contributed by atoms with Crippen LogP contribution in [-0.2, 0) is 6.18 Å². The van der Waals surface area contributed by atoms with Crippen molar-refractivity contribution < 1.29 is 22.8 Å². The van der Waals surface area contributed by atoms with Crippen LogP contribution in [0.15, 0.2) is 82.8 Å². The lowest BCUT2D eigenvalue weighted by atomic mass is 10.2. The van der Waals surface area contributed by atoms with Crippen LogP contribution in [0.25, 0.3) is 17.1 Å². The van der Waals surface area contributed by atoms with Gasteiger partial charge in [0, 0.05) is 11.8 Å². The number of nitrogens with zero attached hydrogens (tertiary/aromatic N) is 4. The number of hydrogen-bond acceptors (Lipinski definition) is 6. The fourth-order valence-electron chi connectivity index (χ4n) is 3.17. The molecule has 0 radical (unpaired) electrons. The van der Waals surface area contributed by atoms with E-state index in [1.54, 1.807) is 53.1 Å². The number of rotatable bonds is 6. The lowest BCUT2D eigenvalue weighted by molar-refractivity contribution is -0.388. The summed E-state index contributed by atoms with van der Waals surface area (Å²) in [6.45, 7) is 0. The molecule has 4 aromatic rings. The minimum absolute atomic E-state index is 0.00385. The van der Waals surface area contributed by atoms with Gasteiger partial charge >= 0.3 is 6.18 Å². The highest BCUT2D eigenvalue weighted by Crippen LogP contribution is 2.41. The van der Waals surface area contributed by atoms with Gasteiger partial charge in [-0.2, -0.15) is 13.2 Å². The zero-order valence-electron chi connectivity index (χ0n) is 17.0. The highest BCUT2D eigenvalue weighted by Gasteiger charge is 2.33. The maximum Gasteiger partial charge on any atom is 0.416 e. The highest BCUT2D eigenvalue weighted by molar-refractivity contribution is 7.99. The first kappa shape index (κ1) is 22.3. The number of nitro groups is 1. The van der Waals surface area contributed by atoms with E-state index < -0.39 is 22.4 Å². The normalized spacial score (nSPS) is 11.4. The van der Waals surface area contributed by atoms with Gasteiger partial charge in [-0.25, -0.2) is 0 Å². The van der Waals surface area contributed by atoms with Gasteiger partial charge in [0.1, 0.15) is 5.75 Å². The van der Waals surface area contributed by atoms with Gasteiger partial charge < -0.3 is 4.74 Å². The van der Waals surface area contributed by atoms with Gasteiger partial charge in [0.05, 0.1) is 28.1 Å². The van der Waals surface area contributed by atoms with Crippen LogP contribution < -0.4 is 4.74 Å². The van der Waals surface area contributed by atoms with Crippen LogP contribution in [-0.4, -0.2) is 26.8 Å². The van der Waals surface area contributed by atoms with E-state index in [0.29, 0.717) is 28.9 Å². The Hall–Kier alpha value is -3.86. The third-order valence-electron chi connectivity index (χ3n) is 4.68. The summed E-state index contributed by atoms with van der Waals surface area (Å²) in [5.41, 5.74) is -0.473. The number of aromatic nitrogens is 3. The standard InChI is InChI=1S/C22H15F3N4O3S/c1-32-18-10-6-5-9-16(18)20-26-27-21(28(20)15-7-3-2-4-8-15)33-19-12-11-14(22(23,24)25)13-17(19)29(30)31/h2-13H,1H3. The minimum atomic E-state index is -4.70. The van der Waals surface area contributed by atoms with Crippen LogP contribution in [0.3, 0.4) is 0 Å². The second-order valence-electron chi connectivity index (χ2n) is 6.72. The average Bonchev–Trinajstić information content (AvgIpc) is 3.22. The Morgan fingerprint density at radius 3 is 2.36 bits per heavy atom. The third kappa shape index (κ3) is 4.53. The molecule has 1 heterocycles. The molecule has 0 unspecified atom stereocenters. The van der Waals surface area contributed by atoms with Gasteiger partial charge in [-0.15, -0.1) is 10.2 Å². The van der Waals surface area contributed by atoms with E-state index in [0.717, 1.165) is 23.9 Å². The number of hydrogen-bond donors (Lipinski definition) is 0. The largest absolute Gasteiger partial charge is 0.496 e. The van der Waals surface area contributed by atoms with Crippen molar-refractivity contribution in [1.82, 2.24) is 14.8 Å². The maximum atomic E-state index is 13.1. The smallest absolute Gasteiger partial charge is 0.416 e. The van der Waals surface area contributed by atoms with Crippen molar-refractivity contribution in [3.63, 3.8) is 0 Å². The Morgan fingerprint density at radius 1 is 1.00 bits per heavy atom. The molecular weight excluding hydrogens is 457 g/mol. The van der Waals surface area contributed by atoms with E-state index in [9.17, 15) is 23.3 Å². The summed E-state index contributed by atoms with van der Waals surface area (Å²) in [6.07, 6.45) is -4.70. The first-order chi connectivity index (χ1) is 15.8. The average molecular weight is 472 g/mol. The van der Waals surface area contributed by atoms with Crippen molar-refractivity contribution >= 4 is 17.4 Å². The van der Waals surface area contributed by atoms with Gasteiger partial charge in [0.15, 0.2) is 5.82 Å². The Morgan fingerprint density at radius 2 is 1.70 bits per heavy atom. The molecule has 1 aromatic heterocycles. The van der Waals surface area contributed by atoms with E-state index in [2.05, 4.69) is 10.2 Å². The molecule has 3 aromatic carbocycles. The molecule has 0 amide bonds. The Balaban J connectivity index is 1.86. The molecule has 0 saturated carbocycles. The predicted octanol–water partition coefficient (Wildman–Crippen LogP) is 6.02. The van der Waals surface area contributed by atoms with E-state index >= 15 is 0 Å². The fourth-order valence-corrected chi connectivity index (χ4v) is 4.11. The van der Waals surface area contributed by atoms with Crippen molar-refractivity contribution in [2.75, 3.05) is 7.11 Å². The zero-order chi connectivity index (χ0) is 23.6. The SMILES string of the molecule is COc1ccccc1-c1nnc(Sc2ccc(C(F)(F)F)cc2[N+](=O)[O-])n1-c1ccccc1. The van der Waals surface area contributed by atoms with Gasteiger partial charge in [-0.1, -0.05) is 30.3 Å². The van der Waals surface area contributed by atoms with Crippen molar-refractivity contribution in [2.24, 2.45) is 0 Å². The van der Waals surface area contributed by atoms with Crippen molar-refractivity contribution in [3.8, 4) is 22.8 Å². The van der Waals surface area contributed by atoms with Crippen LogP contribution >= 0.6 is 11.8 Å². The van der Waals surface area contributed by atoms with Crippen LogP contribution in [0.4, 0.5) is 18.9 Å². The molecule has 0 aliphatic rings. The molecular formula is C22H15F3N4O3S. The highest BCUT2D eigenvalue weighted by atomic mass is 32.2. The van der Waals surface area contributed by atoms with Crippen LogP contribution in [0.2, 0.25) is 0 Å². The number of halogens is 3. The molecule has 0 aliphatic carbocycles. The number of ether oxygens (including phenoxy) is 1. The molecule has 0 saturated heterocycles. The van der Waals surface area contributed by atoms with Gasteiger partial charge in [-0.3, -0.25) is 14.7 Å². The molecule has 4 rings (SSSR count). The number of benzene rings is 3. The summed E-state index contributed by atoms with van der Waals surface area (Å²) < 4.78 is 46.3. The van der Waals surface area contributed by atoms with Crippen LogP contribution in [0.5, 0.6) is 5.75 Å².